The number of rotatable bonds is 8. The van der Waals surface area contributed by atoms with Crippen LogP contribution in [0.15, 0.2) is 0 Å². The summed E-state index contributed by atoms with van der Waals surface area (Å²) in [5.74, 6) is 0. The number of carboxylic acid groups (broad SMARTS) is 1. The van der Waals surface area contributed by atoms with Gasteiger partial charge in [-0.3, -0.25) is 0 Å². The van der Waals surface area contributed by atoms with Crippen LogP contribution in [0.5, 0.6) is 0 Å². The van der Waals surface area contributed by atoms with Gasteiger partial charge in [-0.15, -0.1) is 0 Å². The molecule has 2 atom stereocenters. The molecule has 3 N–H and O–H groups in total. The summed E-state index contributed by atoms with van der Waals surface area (Å²) in [4.78, 5) is 11.1. The van der Waals surface area contributed by atoms with Crippen LogP contribution in [0.1, 0.15) is 41.5 Å². The van der Waals surface area contributed by atoms with Crippen LogP contribution in [-0.4, -0.2) is 58.3 Å². The van der Waals surface area contributed by atoms with E-state index in [0.29, 0.717) is 0 Å². The number of amides is 1. The van der Waals surface area contributed by atoms with Crippen LogP contribution in [0.3, 0.4) is 0 Å². The molecule has 0 aromatic carbocycles. The maximum absolute atomic E-state index is 11.1. The van der Waals surface area contributed by atoms with Crippen molar-refractivity contribution in [3.63, 3.8) is 0 Å². The predicted octanol–water partition coefficient (Wildman–Crippen LogP) is 4.03. The molecule has 0 saturated carbocycles. The van der Waals surface area contributed by atoms with Crippen LogP contribution in [0.4, 0.5) is 4.79 Å². The van der Waals surface area contributed by atoms with E-state index in [1.165, 1.54) is 0 Å². The standard InChI is InChI=1S/C17H39NO5Si2/c1-16(2,3)24(7,8)22-12-14(13(11-19)18-15(20)21)23-25(9,10)17(4,5)6/h13-14,18-19H,11-12H2,1-10H3,(H,20,21)/t13-,14+/m0/s1. The number of nitrogens with one attached hydrogen (secondary N) is 1. The third-order valence-electron chi connectivity index (χ3n) is 5.62. The van der Waals surface area contributed by atoms with E-state index in [9.17, 15) is 9.90 Å². The fourth-order valence-electron chi connectivity index (χ4n) is 1.71. The van der Waals surface area contributed by atoms with Gasteiger partial charge in [0, 0.05) is 0 Å². The first kappa shape index (κ1) is 24.6. The van der Waals surface area contributed by atoms with E-state index in [2.05, 4.69) is 73.0 Å². The van der Waals surface area contributed by atoms with E-state index in [4.69, 9.17) is 14.0 Å². The Labute approximate surface area is 155 Å². The van der Waals surface area contributed by atoms with Crippen molar-refractivity contribution >= 4 is 22.7 Å². The molecule has 0 rings (SSSR count). The average Bonchev–Trinajstić information content (AvgIpc) is 2.38. The Morgan fingerprint density at radius 3 is 1.76 bits per heavy atom. The molecule has 0 aromatic heterocycles. The van der Waals surface area contributed by atoms with Gasteiger partial charge in [0.15, 0.2) is 16.6 Å². The monoisotopic (exact) mass is 393 g/mol. The van der Waals surface area contributed by atoms with E-state index < -0.39 is 34.9 Å². The summed E-state index contributed by atoms with van der Waals surface area (Å²) in [7, 11) is -4.16. The van der Waals surface area contributed by atoms with Gasteiger partial charge in [0.05, 0.1) is 25.4 Å². The molecule has 0 saturated heterocycles. The van der Waals surface area contributed by atoms with Gasteiger partial charge in [-0.05, 0) is 36.3 Å². The lowest BCUT2D eigenvalue weighted by Crippen LogP contribution is -2.56. The minimum atomic E-state index is -2.15. The Morgan fingerprint density at radius 1 is 1.00 bits per heavy atom. The zero-order valence-electron chi connectivity index (χ0n) is 17.7. The lowest BCUT2D eigenvalue weighted by Gasteiger charge is -2.43. The fourth-order valence-corrected chi connectivity index (χ4v) is 4.07. The van der Waals surface area contributed by atoms with Gasteiger partial charge in [0.1, 0.15) is 0 Å². The van der Waals surface area contributed by atoms with Gasteiger partial charge < -0.3 is 24.4 Å². The molecular weight excluding hydrogens is 354 g/mol. The molecule has 0 spiro atoms. The molecule has 0 radical (unpaired) electrons. The third kappa shape index (κ3) is 7.38. The quantitative estimate of drug-likeness (QED) is 0.542. The highest BCUT2D eigenvalue weighted by Gasteiger charge is 2.43. The Bertz CT molecular complexity index is 441. The zero-order chi connectivity index (χ0) is 20.3. The summed E-state index contributed by atoms with van der Waals surface area (Å²) in [5.41, 5.74) is 0. The Kier molecular flexibility index (Phi) is 8.37. The molecular formula is C17H39NO5Si2. The summed E-state index contributed by atoms with van der Waals surface area (Å²) in [6.45, 7) is 21.3. The molecule has 0 heterocycles. The highest BCUT2D eigenvalue weighted by molar-refractivity contribution is 6.74. The van der Waals surface area contributed by atoms with E-state index in [-0.39, 0.29) is 23.3 Å². The van der Waals surface area contributed by atoms with Crippen molar-refractivity contribution in [1.29, 1.82) is 0 Å². The summed E-state index contributed by atoms with van der Waals surface area (Å²) in [6.07, 6.45) is -1.69. The molecule has 0 aromatic rings. The van der Waals surface area contributed by atoms with E-state index in [0.717, 1.165) is 0 Å². The van der Waals surface area contributed by atoms with Crippen LogP contribution in [0.2, 0.25) is 36.3 Å². The number of carbonyl (C=O) groups is 1. The van der Waals surface area contributed by atoms with Gasteiger partial charge in [-0.2, -0.15) is 0 Å². The lowest BCUT2D eigenvalue weighted by atomic mass is 10.2. The number of aliphatic hydroxyl groups excluding tert-OH is 1. The molecule has 150 valence electrons. The van der Waals surface area contributed by atoms with Crippen LogP contribution in [0.25, 0.3) is 0 Å². The minimum absolute atomic E-state index is 0.0224. The number of hydrogen-bond acceptors (Lipinski definition) is 4. The predicted molar refractivity (Wildman–Crippen MR) is 107 cm³/mol. The first-order chi connectivity index (χ1) is 10.9. The Hall–Kier alpha value is -0.416. The minimum Gasteiger partial charge on any atom is -0.465 e. The van der Waals surface area contributed by atoms with Gasteiger partial charge in [-0.25, -0.2) is 4.79 Å². The maximum atomic E-state index is 11.1. The van der Waals surface area contributed by atoms with Crippen LogP contribution < -0.4 is 5.32 Å². The van der Waals surface area contributed by atoms with Crippen molar-refractivity contribution in [3.05, 3.63) is 0 Å². The maximum Gasteiger partial charge on any atom is 0.405 e. The second-order valence-electron chi connectivity index (χ2n) is 9.73. The highest BCUT2D eigenvalue weighted by Crippen LogP contribution is 2.39. The largest absolute Gasteiger partial charge is 0.465 e. The average molecular weight is 394 g/mol. The fraction of sp³-hybridized carbons (Fsp3) is 0.941. The van der Waals surface area contributed by atoms with E-state index in [1.54, 1.807) is 0 Å². The molecule has 0 aliphatic rings. The van der Waals surface area contributed by atoms with Crippen molar-refractivity contribution in [3.8, 4) is 0 Å². The van der Waals surface area contributed by atoms with E-state index >= 15 is 0 Å². The smallest absolute Gasteiger partial charge is 0.405 e. The second kappa shape index (κ2) is 8.52. The summed E-state index contributed by atoms with van der Waals surface area (Å²) < 4.78 is 12.7. The highest BCUT2D eigenvalue weighted by atomic mass is 28.4. The van der Waals surface area contributed by atoms with Crippen molar-refractivity contribution in [2.24, 2.45) is 0 Å². The number of hydrogen-bond donors (Lipinski definition) is 3. The van der Waals surface area contributed by atoms with Gasteiger partial charge in [0.2, 0.25) is 0 Å². The normalized spacial score (nSPS) is 16.4. The SMILES string of the molecule is CC(C)(C)[Si](C)(C)OC[C@@H](O[Si](C)(C)C(C)(C)C)[C@H](CO)NC(=O)O. The molecule has 1 amide bonds. The van der Waals surface area contributed by atoms with Crippen LogP contribution in [0, 0.1) is 0 Å². The molecule has 0 unspecified atom stereocenters. The molecule has 8 heteroatoms. The summed E-state index contributed by atoms with van der Waals surface area (Å²) in [6, 6.07) is -0.712. The Balaban J connectivity index is 5.44. The summed E-state index contributed by atoms with van der Waals surface area (Å²) in [5, 5.41) is 21.2. The van der Waals surface area contributed by atoms with Gasteiger partial charge in [0.25, 0.3) is 0 Å². The zero-order valence-corrected chi connectivity index (χ0v) is 19.7. The van der Waals surface area contributed by atoms with Crippen molar-refractivity contribution in [2.45, 2.75) is 90.0 Å². The lowest BCUT2D eigenvalue weighted by molar-refractivity contribution is 0.0530. The molecule has 0 aliphatic heterocycles. The van der Waals surface area contributed by atoms with E-state index in [1.807, 2.05) is 0 Å². The van der Waals surface area contributed by atoms with Crippen LogP contribution in [-0.2, 0) is 8.85 Å². The molecule has 25 heavy (non-hydrogen) atoms. The third-order valence-corrected chi connectivity index (χ3v) is 14.6. The molecule has 6 nitrogen and oxygen atoms in total. The molecule has 0 fully saturated rings. The first-order valence-electron chi connectivity index (χ1n) is 8.87. The van der Waals surface area contributed by atoms with Gasteiger partial charge in [-0.1, -0.05) is 41.5 Å². The Morgan fingerprint density at radius 2 is 1.44 bits per heavy atom. The second-order valence-corrected chi connectivity index (χ2v) is 19.3. The molecule has 0 aliphatic carbocycles. The van der Waals surface area contributed by atoms with Crippen LogP contribution >= 0.6 is 0 Å². The van der Waals surface area contributed by atoms with Crippen molar-refractivity contribution in [1.82, 2.24) is 5.32 Å². The first-order valence-corrected chi connectivity index (χ1v) is 14.7. The molecule has 0 bridgehead atoms. The van der Waals surface area contributed by atoms with Gasteiger partial charge >= 0.3 is 6.09 Å². The topological polar surface area (TPSA) is 88.0 Å². The number of aliphatic hydroxyl groups is 1. The summed E-state index contributed by atoms with van der Waals surface area (Å²) >= 11 is 0. The van der Waals surface area contributed by atoms with Crippen molar-refractivity contribution < 1.29 is 23.9 Å². The van der Waals surface area contributed by atoms with Crippen molar-refractivity contribution in [2.75, 3.05) is 13.2 Å².